The Morgan fingerprint density at radius 2 is 2.50 bits per heavy atom. The average molecular weight is 132 g/mol. The van der Waals surface area contributed by atoms with Gasteiger partial charge in [0.25, 0.3) is 0 Å². The molecule has 0 aliphatic rings. The summed E-state index contributed by atoms with van der Waals surface area (Å²) in [5.74, 6) is 0. The molecule has 0 N–H and O–H groups in total. The van der Waals surface area contributed by atoms with Crippen LogP contribution < -0.4 is 0 Å². The summed E-state index contributed by atoms with van der Waals surface area (Å²) < 4.78 is 1.87. The molecule has 0 unspecified atom stereocenters. The van der Waals surface area contributed by atoms with Crippen LogP contribution in [0.1, 0.15) is 5.69 Å². The second-order valence-corrected chi connectivity index (χ2v) is 2.09. The highest BCUT2D eigenvalue weighted by molar-refractivity contribution is 5.72. The maximum absolute atomic E-state index is 8.47. The Hall–Kier alpha value is -1.49. The van der Waals surface area contributed by atoms with Crippen LogP contribution in [0.5, 0.6) is 0 Å². The van der Waals surface area contributed by atoms with E-state index in [-0.39, 0.29) is 0 Å². The van der Waals surface area contributed by atoms with Gasteiger partial charge in [-0.3, -0.25) is 0 Å². The van der Waals surface area contributed by atoms with Gasteiger partial charge in [-0.1, -0.05) is 6.58 Å². The standard InChI is InChI=1S/C8H8N2/c1-7(6-9)8-4-3-5-10(8)2/h3-5H,1H2,2H3. The Kier molecular flexibility index (Phi) is 1.59. The molecule has 0 aliphatic carbocycles. The molecule has 1 heterocycles. The van der Waals surface area contributed by atoms with Crippen molar-refractivity contribution in [2.24, 2.45) is 7.05 Å². The van der Waals surface area contributed by atoms with E-state index in [4.69, 9.17) is 5.26 Å². The maximum atomic E-state index is 8.47. The third kappa shape index (κ3) is 0.939. The zero-order valence-corrected chi connectivity index (χ0v) is 5.83. The van der Waals surface area contributed by atoms with Gasteiger partial charge in [-0.25, -0.2) is 0 Å². The molecule has 10 heavy (non-hydrogen) atoms. The molecule has 0 aliphatic heterocycles. The molecule has 0 bridgehead atoms. The van der Waals surface area contributed by atoms with Crippen LogP contribution in [0.15, 0.2) is 24.9 Å². The van der Waals surface area contributed by atoms with Crippen molar-refractivity contribution in [1.29, 1.82) is 5.26 Å². The lowest BCUT2D eigenvalue weighted by Gasteiger charge is -1.96. The number of hydrogen-bond donors (Lipinski definition) is 0. The van der Waals surface area contributed by atoms with E-state index < -0.39 is 0 Å². The van der Waals surface area contributed by atoms with E-state index in [1.807, 2.05) is 36.0 Å². The lowest BCUT2D eigenvalue weighted by molar-refractivity contribution is 0.911. The number of aromatic nitrogens is 1. The van der Waals surface area contributed by atoms with E-state index in [1.165, 1.54) is 0 Å². The van der Waals surface area contributed by atoms with Gasteiger partial charge in [-0.2, -0.15) is 5.26 Å². The molecule has 0 amide bonds. The van der Waals surface area contributed by atoms with Crippen LogP contribution >= 0.6 is 0 Å². The van der Waals surface area contributed by atoms with Gasteiger partial charge in [0.15, 0.2) is 0 Å². The SMILES string of the molecule is C=C(C#N)c1cccn1C. The molecule has 0 fully saturated rings. The predicted molar refractivity (Wildman–Crippen MR) is 40.1 cm³/mol. The van der Waals surface area contributed by atoms with E-state index in [9.17, 15) is 0 Å². The first-order valence-corrected chi connectivity index (χ1v) is 2.96. The van der Waals surface area contributed by atoms with Gasteiger partial charge in [0.1, 0.15) is 6.07 Å². The molecule has 0 aromatic carbocycles. The fourth-order valence-corrected chi connectivity index (χ4v) is 0.832. The fraction of sp³-hybridized carbons (Fsp3) is 0.125. The molecule has 0 saturated carbocycles. The number of rotatable bonds is 1. The molecular formula is C8H8N2. The molecule has 2 heteroatoms. The average Bonchev–Trinajstić information content (AvgIpc) is 2.34. The van der Waals surface area contributed by atoms with Crippen LogP contribution in [0.25, 0.3) is 5.57 Å². The lowest BCUT2D eigenvalue weighted by atomic mass is 10.2. The zero-order valence-electron chi connectivity index (χ0n) is 5.83. The van der Waals surface area contributed by atoms with Crippen molar-refractivity contribution < 1.29 is 0 Å². The van der Waals surface area contributed by atoms with Gasteiger partial charge in [0.05, 0.1) is 11.3 Å². The molecule has 1 aromatic rings. The number of nitrogens with zero attached hydrogens (tertiary/aromatic N) is 2. The van der Waals surface area contributed by atoms with Crippen LogP contribution in [0.2, 0.25) is 0 Å². The van der Waals surface area contributed by atoms with Crippen molar-refractivity contribution in [2.45, 2.75) is 0 Å². The Balaban J connectivity index is 3.08. The predicted octanol–water partition coefficient (Wildman–Crippen LogP) is 1.56. The minimum absolute atomic E-state index is 0.507. The molecule has 0 spiro atoms. The van der Waals surface area contributed by atoms with E-state index in [2.05, 4.69) is 6.58 Å². The number of allylic oxidation sites excluding steroid dienone is 1. The molecule has 0 radical (unpaired) electrons. The minimum atomic E-state index is 0.507. The summed E-state index contributed by atoms with van der Waals surface area (Å²) in [7, 11) is 1.89. The Morgan fingerprint density at radius 3 is 2.90 bits per heavy atom. The summed E-state index contributed by atoms with van der Waals surface area (Å²) in [5, 5.41) is 8.47. The Labute approximate surface area is 60.0 Å². The topological polar surface area (TPSA) is 28.7 Å². The first kappa shape index (κ1) is 6.63. The number of hydrogen-bond acceptors (Lipinski definition) is 1. The molecule has 1 rings (SSSR count). The third-order valence-corrected chi connectivity index (χ3v) is 1.39. The van der Waals surface area contributed by atoms with E-state index in [1.54, 1.807) is 0 Å². The quantitative estimate of drug-likeness (QED) is 0.533. The van der Waals surface area contributed by atoms with E-state index >= 15 is 0 Å². The highest BCUT2D eigenvalue weighted by atomic mass is 14.9. The summed E-state index contributed by atoms with van der Waals surface area (Å²) in [5.41, 5.74) is 1.38. The van der Waals surface area contributed by atoms with Gasteiger partial charge >= 0.3 is 0 Å². The molecule has 2 nitrogen and oxygen atoms in total. The summed E-state index contributed by atoms with van der Waals surface area (Å²) in [4.78, 5) is 0. The van der Waals surface area contributed by atoms with Gasteiger partial charge in [0.2, 0.25) is 0 Å². The van der Waals surface area contributed by atoms with Crippen LogP contribution in [-0.2, 0) is 7.05 Å². The number of nitriles is 1. The largest absolute Gasteiger partial charge is 0.350 e. The first-order chi connectivity index (χ1) is 4.75. The fourth-order valence-electron chi connectivity index (χ4n) is 0.832. The third-order valence-electron chi connectivity index (χ3n) is 1.39. The van der Waals surface area contributed by atoms with Crippen molar-refractivity contribution in [3.63, 3.8) is 0 Å². The highest BCUT2D eigenvalue weighted by Gasteiger charge is 1.98. The Bertz CT molecular complexity index is 288. The van der Waals surface area contributed by atoms with Crippen LogP contribution in [0.4, 0.5) is 0 Å². The Morgan fingerprint density at radius 1 is 1.80 bits per heavy atom. The van der Waals surface area contributed by atoms with Gasteiger partial charge in [0, 0.05) is 13.2 Å². The molecule has 0 saturated heterocycles. The summed E-state index contributed by atoms with van der Waals surface area (Å²) in [6.07, 6.45) is 1.89. The summed E-state index contributed by atoms with van der Waals surface area (Å²) >= 11 is 0. The van der Waals surface area contributed by atoms with Crippen molar-refractivity contribution in [3.05, 3.63) is 30.6 Å². The van der Waals surface area contributed by atoms with Crippen molar-refractivity contribution in [3.8, 4) is 6.07 Å². The second-order valence-electron chi connectivity index (χ2n) is 2.09. The molecule has 50 valence electrons. The summed E-state index contributed by atoms with van der Waals surface area (Å²) in [6.45, 7) is 3.59. The summed E-state index contributed by atoms with van der Waals surface area (Å²) in [6, 6.07) is 5.75. The van der Waals surface area contributed by atoms with Crippen molar-refractivity contribution in [2.75, 3.05) is 0 Å². The molecule has 1 aromatic heterocycles. The smallest absolute Gasteiger partial charge is 0.101 e. The monoisotopic (exact) mass is 132 g/mol. The first-order valence-electron chi connectivity index (χ1n) is 2.96. The van der Waals surface area contributed by atoms with Crippen molar-refractivity contribution in [1.82, 2.24) is 4.57 Å². The van der Waals surface area contributed by atoms with Gasteiger partial charge in [-0.05, 0) is 12.1 Å². The zero-order chi connectivity index (χ0) is 7.56. The van der Waals surface area contributed by atoms with E-state index in [0.717, 1.165) is 5.69 Å². The van der Waals surface area contributed by atoms with Crippen LogP contribution in [0.3, 0.4) is 0 Å². The van der Waals surface area contributed by atoms with Crippen LogP contribution in [0, 0.1) is 11.3 Å². The molecular weight excluding hydrogens is 124 g/mol. The lowest BCUT2D eigenvalue weighted by Crippen LogP contribution is -1.90. The second kappa shape index (κ2) is 2.40. The number of aryl methyl sites for hydroxylation is 1. The minimum Gasteiger partial charge on any atom is -0.350 e. The normalized spacial score (nSPS) is 8.80. The van der Waals surface area contributed by atoms with Crippen molar-refractivity contribution >= 4 is 5.57 Å². The van der Waals surface area contributed by atoms with Gasteiger partial charge < -0.3 is 4.57 Å². The van der Waals surface area contributed by atoms with Crippen LogP contribution in [-0.4, -0.2) is 4.57 Å². The van der Waals surface area contributed by atoms with E-state index in [0.29, 0.717) is 5.57 Å². The molecule has 0 atom stereocenters. The maximum Gasteiger partial charge on any atom is 0.101 e. The van der Waals surface area contributed by atoms with Gasteiger partial charge in [-0.15, -0.1) is 0 Å². The highest BCUT2D eigenvalue weighted by Crippen LogP contribution is 2.09.